The molecule has 2 heterocycles. The van der Waals surface area contributed by atoms with Crippen LogP contribution in [-0.4, -0.2) is 29.1 Å². The van der Waals surface area contributed by atoms with Gasteiger partial charge in [-0.05, 0) is 37.9 Å². The van der Waals surface area contributed by atoms with Gasteiger partial charge in [0.05, 0.1) is 0 Å². The van der Waals surface area contributed by atoms with Crippen molar-refractivity contribution in [1.29, 1.82) is 0 Å². The molecule has 1 fully saturated rings. The summed E-state index contributed by atoms with van der Waals surface area (Å²) in [6.45, 7) is 4.29. The molecule has 4 nitrogen and oxygen atoms in total. The maximum absolute atomic E-state index is 4.30. The van der Waals surface area contributed by atoms with Gasteiger partial charge >= 0.3 is 0 Å². The van der Waals surface area contributed by atoms with Crippen LogP contribution in [0.15, 0.2) is 12.4 Å². The molecule has 0 atom stereocenters. The average molecular weight is 206 g/mol. The van der Waals surface area contributed by atoms with Crippen molar-refractivity contribution < 1.29 is 0 Å². The fourth-order valence-electron chi connectivity index (χ4n) is 1.76. The molecule has 0 aliphatic carbocycles. The molecule has 0 amide bonds. The molecule has 4 heteroatoms. The Morgan fingerprint density at radius 1 is 1.33 bits per heavy atom. The van der Waals surface area contributed by atoms with Gasteiger partial charge in [0.25, 0.3) is 0 Å². The average Bonchev–Trinajstić information content (AvgIpc) is 2.31. The molecular weight excluding hydrogens is 188 g/mol. The van der Waals surface area contributed by atoms with Gasteiger partial charge in [0.1, 0.15) is 0 Å². The molecule has 0 radical (unpaired) electrons. The molecule has 0 bridgehead atoms. The second kappa shape index (κ2) is 5.07. The summed E-state index contributed by atoms with van der Waals surface area (Å²) in [6, 6.07) is 0.527. The van der Waals surface area contributed by atoms with Gasteiger partial charge in [-0.25, -0.2) is 9.97 Å². The third-order valence-corrected chi connectivity index (χ3v) is 2.79. The Labute approximate surface area is 90.5 Å². The first kappa shape index (κ1) is 10.4. The minimum atomic E-state index is 0.527. The summed E-state index contributed by atoms with van der Waals surface area (Å²) in [6.07, 6.45) is 7.10. The van der Waals surface area contributed by atoms with Crippen molar-refractivity contribution in [3.8, 4) is 0 Å². The van der Waals surface area contributed by atoms with E-state index in [4.69, 9.17) is 0 Å². The lowest BCUT2D eigenvalue weighted by atomic mass is 10.1. The summed E-state index contributed by atoms with van der Waals surface area (Å²) in [5.41, 5.74) is 1.19. The van der Waals surface area contributed by atoms with Crippen LogP contribution in [0.4, 0.5) is 5.95 Å². The van der Waals surface area contributed by atoms with E-state index in [1.807, 2.05) is 12.4 Å². The predicted octanol–water partition coefficient (Wildman–Crippen LogP) is 1.20. The van der Waals surface area contributed by atoms with Gasteiger partial charge in [-0.15, -0.1) is 0 Å². The van der Waals surface area contributed by atoms with Crippen LogP contribution in [0.2, 0.25) is 0 Å². The van der Waals surface area contributed by atoms with E-state index in [9.17, 15) is 0 Å². The standard InChI is InChI=1S/C11H18N4/c1-2-9-7-13-11(14-8-9)15-10-3-5-12-6-4-10/h7-8,10,12H,2-6H2,1H3,(H,13,14,15). The van der Waals surface area contributed by atoms with Gasteiger partial charge in [0.2, 0.25) is 5.95 Å². The summed E-state index contributed by atoms with van der Waals surface area (Å²) in [4.78, 5) is 8.60. The van der Waals surface area contributed by atoms with E-state index in [1.54, 1.807) is 0 Å². The molecule has 0 aromatic carbocycles. The van der Waals surface area contributed by atoms with Crippen molar-refractivity contribution in [2.75, 3.05) is 18.4 Å². The number of nitrogens with zero attached hydrogens (tertiary/aromatic N) is 2. The van der Waals surface area contributed by atoms with Gasteiger partial charge in [-0.2, -0.15) is 0 Å². The third kappa shape index (κ3) is 2.89. The molecule has 0 saturated carbocycles. The first-order chi connectivity index (χ1) is 7.38. The third-order valence-electron chi connectivity index (χ3n) is 2.79. The van der Waals surface area contributed by atoms with Crippen LogP contribution in [0.25, 0.3) is 0 Å². The van der Waals surface area contributed by atoms with Gasteiger partial charge in [-0.3, -0.25) is 0 Å². The molecule has 1 aliphatic rings. The second-order valence-electron chi connectivity index (χ2n) is 3.94. The van der Waals surface area contributed by atoms with E-state index >= 15 is 0 Å². The molecule has 1 aromatic rings. The Morgan fingerprint density at radius 2 is 2.00 bits per heavy atom. The summed E-state index contributed by atoms with van der Waals surface area (Å²) in [5, 5.41) is 6.71. The number of hydrogen-bond donors (Lipinski definition) is 2. The molecule has 1 saturated heterocycles. The van der Waals surface area contributed by atoms with E-state index in [0.717, 1.165) is 38.3 Å². The predicted molar refractivity (Wildman–Crippen MR) is 60.9 cm³/mol. The summed E-state index contributed by atoms with van der Waals surface area (Å²) in [5.74, 6) is 0.763. The Balaban J connectivity index is 1.91. The molecule has 2 rings (SSSR count). The van der Waals surface area contributed by atoms with Crippen molar-refractivity contribution >= 4 is 5.95 Å². The lowest BCUT2D eigenvalue weighted by Crippen LogP contribution is -2.35. The molecule has 1 aromatic heterocycles. The number of piperidine rings is 1. The van der Waals surface area contributed by atoms with Crippen molar-refractivity contribution in [1.82, 2.24) is 15.3 Å². The van der Waals surface area contributed by atoms with Crippen LogP contribution >= 0.6 is 0 Å². The number of rotatable bonds is 3. The van der Waals surface area contributed by atoms with Gasteiger partial charge in [0, 0.05) is 18.4 Å². The Bertz CT molecular complexity index is 290. The molecule has 82 valence electrons. The zero-order valence-corrected chi connectivity index (χ0v) is 9.16. The number of hydrogen-bond acceptors (Lipinski definition) is 4. The minimum absolute atomic E-state index is 0.527. The molecule has 1 aliphatic heterocycles. The van der Waals surface area contributed by atoms with E-state index in [0.29, 0.717) is 6.04 Å². The van der Waals surface area contributed by atoms with Gasteiger partial charge in [-0.1, -0.05) is 6.92 Å². The van der Waals surface area contributed by atoms with Crippen molar-refractivity contribution in [2.24, 2.45) is 0 Å². The molecule has 2 N–H and O–H groups in total. The van der Waals surface area contributed by atoms with E-state index in [-0.39, 0.29) is 0 Å². The topological polar surface area (TPSA) is 49.8 Å². The highest BCUT2D eigenvalue weighted by atomic mass is 15.1. The number of anilines is 1. The maximum Gasteiger partial charge on any atom is 0.222 e. The van der Waals surface area contributed by atoms with Crippen LogP contribution in [0.3, 0.4) is 0 Å². The maximum atomic E-state index is 4.30. The smallest absolute Gasteiger partial charge is 0.222 e. The first-order valence-electron chi connectivity index (χ1n) is 5.66. The summed E-state index contributed by atoms with van der Waals surface area (Å²) in [7, 11) is 0. The first-order valence-corrected chi connectivity index (χ1v) is 5.66. The summed E-state index contributed by atoms with van der Waals surface area (Å²) < 4.78 is 0. The van der Waals surface area contributed by atoms with Gasteiger partial charge in [0.15, 0.2) is 0 Å². The summed E-state index contributed by atoms with van der Waals surface area (Å²) >= 11 is 0. The normalized spacial score (nSPS) is 17.7. The lowest BCUT2D eigenvalue weighted by molar-refractivity contribution is 0.477. The van der Waals surface area contributed by atoms with Crippen LogP contribution in [-0.2, 0) is 6.42 Å². The number of nitrogens with one attached hydrogen (secondary N) is 2. The van der Waals surface area contributed by atoms with Crippen molar-refractivity contribution in [2.45, 2.75) is 32.2 Å². The van der Waals surface area contributed by atoms with Crippen molar-refractivity contribution in [3.05, 3.63) is 18.0 Å². The SMILES string of the molecule is CCc1cnc(NC2CCNCC2)nc1. The van der Waals surface area contributed by atoms with Crippen molar-refractivity contribution in [3.63, 3.8) is 0 Å². The fraction of sp³-hybridized carbons (Fsp3) is 0.636. The Hall–Kier alpha value is -1.16. The minimum Gasteiger partial charge on any atom is -0.351 e. The van der Waals surface area contributed by atoms with Crippen LogP contribution < -0.4 is 10.6 Å². The fourth-order valence-corrected chi connectivity index (χ4v) is 1.76. The van der Waals surface area contributed by atoms with E-state index in [2.05, 4.69) is 27.5 Å². The molecule has 0 unspecified atom stereocenters. The monoisotopic (exact) mass is 206 g/mol. The Kier molecular flexibility index (Phi) is 3.50. The molecule has 0 spiro atoms. The van der Waals surface area contributed by atoms with E-state index < -0.39 is 0 Å². The quantitative estimate of drug-likeness (QED) is 0.780. The van der Waals surface area contributed by atoms with Crippen LogP contribution in [0, 0.1) is 0 Å². The zero-order valence-electron chi connectivity index (χ0n) is 9.16. The highest BCUT2D eigenvalue weighted by Crippen LogP contribution is 2.09. The highest BCUT2D eigenvalue weighted by molar-refractivity contribution is 5.26. The molecule has 15 heavy (non-hydrogen) atoms. The number of aryl methyl sites for hydroxylation is 1. The zero-order chi connectivity index (χ0) is 10.5. The highest BCUT2D eigenvalue weighted by Gasteiger charge is 2.13. The lowest BCUT2D eigenvalue weighted by Gasteiger charge is -2.23. The van der Waals surface area contributed by atoms with Gasteiger partial charge < -0.3 is 10.6 Å². The van der Waals surface area contributed by atoms with E-state index in [1.165, 1.54) is 5.56 Å². The largest absolute Gasteiger partial charge is 0.351 e. The van der Waals surface area contributed by atoms with Crippen LogP contribution in [0.5, 0.6) is 0 Å². The molecular formula is C11H18N4. The second-order valence-corrected chi connectivity index (χ2v) is 3.94. The Morgan fingerprint density at radius 3 is 2.60 bits per heavy atom. The van der Waals surface area contributed by atoms with Crippen LogP contribution in [0.1, 0.15) is 25.3 Å². The number of aromatic nitrogens is 2.